The molecule has 2 saturated heterocycles. The second kappa shape index (κ2) is 13.0. The van der Waals surface area contributed by atoms with Crippen molar-refractivity contribution < 1.29 is 69.3 Å². The predicted octanol–water partition coefficient (Wildman–Crippen LogP) is -0.603. The number of fused-ring (bicyclic) bond motifs is 5. The van der Waals surface area contributed by atoms with Crippen molar-refractivity contribution in [3.8, 4) is 0 Å². The Morgan fingerprint density at radius 3 is 2.37 bits per heavy atom. The van der Waals surface area contributed by atoms with Crippen molar-refractivity contribution in [2.75, 3.05) is 19.8 Å². The summed E-state index contributed by atoms with van der Waals surface area (Å²) in [4.78, 5) is 11.9. The Balaban J connectivity index is 1.03. The highest BCUT2D eigenvalue weighted by molar-refractivity contribution is 5.85. The van der Waals surface area contributed by atoms with Gasteiger partial charge < -0.3 is 64.5 Å². The summed E-state index contributed by atoms with van der Waals surface area (Å²) in [6.45, 7) is 3.51. The molecule has 3 heterocycles. The van der Waals surface area contributed by atoms with Gasteiger partial charge in [-0.15, -0.1) is 0 Å². The van der Waals surface area contributed by atoms with Crippen LogP contribution in [0.4, 0.5) is 0 Å². The Morgan fingerprint density at radius 2 is 1.67 bits per heavy atom. The van der Waals surface area contributed by atoms with Gasteiger partial charge in [0.05, 0.1) is 42.7 Å². The number of hydrogen-bond acceptors (Lipinski definition) is 14. The van der Waals surface area contributed by atoms with E-state index in [1.54, 1.807) is 13.0 Å². The van der Waals surface area contributed by atoms with Crippen LogP contribution in [-0.4, -0.2) is 139 Å². The molecule has 4 saturated carbocycles. The van der Waals surface area contributed by atoms with E-state index in [4.69, 9.17) is 23.7 Å². The Labute approximate surface area is 285 Å². The Morgan fingerprint density at radius 1 is 0.918 bits per heavy atom. The first kappa shape index (κ1) is 36.1. The van der Waals surface area contributed by atoms with Crippen LogP contribution in [0.1, 0.15) is 78.1 Å². The van der Waals surface area contributed by atoms with E-state index in [-0.39, 0.29) is 56.4 Å². The second-order valence-electron chi connectivity index (χ2n) is 16.3. The maximum atomic E-state index is 12.5. The van der Waals surface area contributed by atoms with E-state index in [1.165, 1.54) is 0 Å². The van der Waals surface area contributed by atoms with E-state index in [0.29, 0.717) is 44.9 Å². The lowest BCUT2D eigenvalue weighted by atomic mass is 9.41. The first-order valence-electron chi connectivity index (χ1n) is 18.1. The van der Waals surface area contributed by atoms with Crippen molar-refractivity contribution in [1.82, 2.24) is 0 Å². The fourth-order valence-electron chi connectivity index (χ4n) is 11.5. The highest BCUT2D eigenvalue weighted by Gasteiger charge is 2.71. The summed E-state index contributed by atoms with van der Waals surface area (Å²) < 4.78 is 28.5. The van der Waals surface area contributed by atoms with Crippen molar-refractivity contribution in [3.63, 3.8) is 0 Å². The molecule has 3 aliphatic heterocycles. The molecule has 7 aliphatic rings. The predicted molar refractivity (Wildman–Crippen MR) is 167 cm³/mol. The molecule has 0 aromatic heterocycles. The van der Waals surface area contributed by atoms with E-state index in [0.717, 1.165) is 12.0 Å². The molecular weight excluding hydrogens is 644 g/mol. The van der Waals surface area contributed by atoms with Gasteiger partial charge in [0.2, 0.25) is 0 Å². The molecule has 0 bridgehead atoms. The zero-order valence-corrected chi connectivity index (χ0v) is 28.3. The summed E-state index contributed by atoms with van der Waals surface area (Å²) in [5, 5.41) is 88.3. The molecule has 49 heavy (non-hydrogen) atoms. The lowest BCUT2D eigenvalue weighted by Crippen LogP contribution is -2.69. The fourth-order valence-corrected chi connectivity index (χ4v) is 11.5. The van der Waals surface area contributed by atoms with Crippen molar-refractivity contribution in [1.29, 1.82) is 0 Å². The van der Waals surface area contributed by atoms with Crippen LogP contribution in [0, 0.1) is 28.6 Å². The largest absolute Gasteiger partial charge is 0.458 e. The number of esters is 1. The lowest BCUT2D eigenvalue weighted by Gasteiger charge is -2.66. The Hall–Kier alpha value is -1.27. The fraction of sp³-hybridized carbons (Fsp3) is 0.914. The van der Waals surface area contributed by atoms with Gasteiger partial charge in [-0.3, -0.25) is 0 Å². The van der Waals surface area contributed by atoms with Crippen molar-refractivity contribution in [2.24, 2.45) is 28.6 Å². The van der Waals surface area contributed by atoms with Gasteiger partial charge in [0.25, 0.3) is 0 Å². The minimum atomic E-state index is -1.62. The van der Waals surface area contributed by atoms with E-state index in [2.05, 4.69) is 6.92 Å². The average Bonchev–Trinajstić information content (AvgIpc) is 3.60. The molecule has 0 aromatic carbocycles. The van der Waals surface area contributed by atoms with Crippen LogP contribution in [0.5, 0.6) is 0 Å². The van der Waals surface area contributed by atoms with Crippen LogP contribution >= 0.6 is 0 Å². The molecule has 0 radical (unpaired) electrons. The summed E-state index contributed by atoms with van der Waals surface area (Å²) in [6, 6.07) is 0. The number of hydrogen-bond donors (Lipinski definition) is 8. The van der Waals surface area contributed by atoms with Gasteiger partial charge in [0, 0.05) is 29.7 Å². The van der Waals surface area contributed by atoms with Crippen molar-refractivity contribution in [2.45, 2.75) is 151 Å². The molecule has 17 atom stereocenters. The molecule has 6 fully saturated rings. The summed E-state index contributed by atoms with van der Waals surface area (Å²) in [7, 11) is 0. The number of carbonyl (C=O) groups excluding carboxylic acids is 1. The molecule has 17 unspecified atom stereocenters. The smallest absolute Gasteiger partial charge is 0.331 e. The molecule has 14 heteroatoms. The highest BCUT2D eigenvalue weighted by atomic mass is 16.7. The molecule has 4 aliphatic carbocycles. The molecular formula is C35H54O14. The van der Waals surface area contributed by atoms with Crippen LogP contribution in [0.15, 0.2) is 11.6 Å². The first-order valence-corrected chi connectivity index (χ1v) is 18.1. The van der Waals surface area contributed by atoms with Gasteiger partial charge in [0.15, 0.2) is 12.6 Å². The van der Waals surface area contributed by atoms with E-state index in [1.807, 2.05) is 0 Å². The van der Waals surface area contributed by atoms with Crippen LogP contribution in [0.2, 0.25) is 0 Å². The summed E-state index contributed by atoms with van der Waals surface area (Å²) in [5.41, 5.74) is -2.73. The third-order valence-corrected chi connectivity index (χ3v) is 14.1. The number of rotatable bonds is 7. The summed E-state index contributed by atoms with van der Waals surface area (Å²) in [6.07, 6.45) is -5.25. The lowest BCUT2D eigenvalue weighted by molar-refractivity contribution is -0.332. The quantitative estimate of drug-likeness (QED) is 0.123. The molecule has 8 N–H and O–H groups in total. The van der Waals surface area contributed by atoms with Gasteiger partial charge in [-0.1, -0.05) is 6.92 Å². The molecule has 0 spiro atoms. The minimum Gasteiger partial charge on any atom is -0.458 e. The topological polar surface area (TPSA) is 225 Å². The number of ether oxygens (including phenoxy) is 5. The van der Waals surface area contributed by atoms with Crippen molar-refractivity contribution in [3.05, 3.63) is 11.6 Å². The van der Waals surface area contributed by atoms with E-state index in [9.17, 15) is 45.6 Å². The van der Waals surface area contributed by atoms with Gasteiger partial charge in [-0.2, -0.15) is 0 Å². The van der Waals surface area contributed by atoms with Gasteiger partial charge >= 0.3 is 5.97 Å². The average molecular weight is 699 g/mol. The van der Waals surface area contributed by atoms with Gasteiger partial charge in [0.1, 0.15) is 37.1 Å². The normalized spacial score (nSPS) is 54.4. The van der Waals surface area contributed by atoms with Crippen LogP contribution in [0.25, 0.3) is 0 Å². The second-order valence-corrected chi connectivity index (χ2v) is 16.3. The number of cyclic esters (lactones) is 1. The van der Waals surface area contributed by atoms with Gasteiger partial charge in [-0.05, 0) is 81.6 Å². The zero-order chi connectivity index (χ0) is 35.1. The Kier molecular flexibility index (Phi) is 9.57. The molecule has 0 aromatic rings. The SMILES string of the molecule is CC1OC(O)CC(O)C1OCC1OC(OC2CCC3(CO)C4CCC5(C)C(C6=CC(=O)OC6)CCC5(O)C4CCC3(O)C2)C(O)C(O)C1O. The monoisotopic (exact) mass is 698 g/mol. The Bertz CT molecular complexity index is 1270. The maximum absolute atomic E-state index is 12.5. The van der Waals surface area contributed by atoms with Crippen molar-refractivity contribution >= 4 is 5.97 Å². The first-order chi connectivity index (χ1) is 23.2. The zero-order valence-electron chi connectivity index (χ0n) is 28.3. The number of aliphatic hydroxyl groups is 8. The van der Waals surface area contributed by atoms with Crippen LogP contribution in [-0.2, 0) is 28.5 Å². The van der Waals surface area contributed by atoms with Gasteiger partial charge in [-0.25, -0.2) is 4.79 Å². The molecule has 7 rings (SSSR count). The summed E-state index contributed by atoms with van der Waals surface area (Å²) in [5.74, 6) is -0.584. The number of aliphatic hydroxyl groups excluding tert-OH is 6. The molecule has 14 nitrogen and oxygen atoms in total. The molecule has 278 valence electrons. The maximum Gasteiger partial charge on any atom is 0.331 e. The minimum absolute atomic E-state index is 0.0299. The molecule has 0 amide bonds. The third kappa shape index (κ3) is 5.64. The number of carbonyl (C=O) groups is 1. The highest BCUT2D eigenvalue weighted by Crippen LogP contribution is 2.70. The van der Waals surface area contributed by atoms with Crippen LogP contribution < -0.4 is 0 Å². The van der Waals surface area contributed by atoms with Crippen LogP contribution in [0.3, 0.4) is 0 Å². The summed E-state index contributed by atoms with van der Waals surface area (Å²) >= 11 is 0. The third-order valence-electron chi connectivity index (χ3n) is 14.1. The van der Waals surface area contributed by atoms with E-state index < -0.39 is 83.4 Å². The standard InChI is InChI=1S/C35H54O14/c1-17-30(23(37)12-26(39)47-17)46-15-24-27(40)28(41)29(42)31(49-24)48-19-3-8-33(16-36)21-4-7-32(2)20(18-11-25(38)45-14-18)6-10-35(32,44)22(21)5-9-34(33,43)13-19/h11,17,19-24,26-31,36-37,39-44H,3-10,12-16H2,1-2H3. The van der Waals surface area contributed by atoms with E-state index >= 15 is 0 Å².